The van der Waals surface area contributed by atoms with Crippen molar-refractivity contribution in [2.45, 2.75) is 19.8 Å². The molecule has 3 nitrogen and oxygen atoms in total. The molecule has 5 heteroatoms. The van der Waals surface area contributed by atoms with Crippen LogP contribution in [0.5, 0.6) is 0 Å². The van der Waals surface area contributed by atoms with Crippen molar-refractivity contribution >= 4 is 17.4 Å². The van der Waals surface area contributed by atoms with Gasteiger partial charge in [-0.2, -0.15) is 5.10 Å². The largest absolute Gasteiger partial charge is 0.294 e. The zero-order valence-corrected chi connectivity index (χ0v) is 11.5. The Morgan fingerprint density at radius 3 is 2.53 bits per heavy atom. The maximum absolute atomic E-state index is 12.8. The average molecular weight is 281 g/mol. The molecule has 19 heavy (non-hydrogen) atoms. The van der Waals surface area contributed by atoms with Crippen LogP contribution in [0, 0.1) is 5.82 Å². The molecule has 2 rings (SSSR count). The van der Waals surface area contributed by atoms with Crippen LogP contribution in [0.15, 0.2) is 24.3 Å². The quantitative estimate of drug-likeness (QED) is 0.806. The van der Waals surface area contributed by atoms with Gasteiger partial charge in [-0.3, -0.25) is 9.48 Å². The van der Waals surface area contributed by atoms with Crippen molar-refractivity contribution in [3.63, 3.8) is 0 Å². The normalized spacial score (nSPS) is 10.7. The Labute approximate surface area is 116 Å². The van der Waals surface area contributed by atoms with E-state index in [1.165, 1.54) is 24.3 Å². The third-order valence-electron chi connectivity index (χ3n) is 3.00. The minimum Gasteiger partial charge on any atom is -0.294 e. The van der Waals surface area contributed by atoms with E-state index in [1.807, 2.05) is 6.92 Å². The van der Waals surface area contributed by atoms with Gasteiger partial charge < -0.3 is 0 Å². The summed E-state index contributed by atoms with van der Waals surface area (Å²) >= 11 is 6.19. The lowest BCUT2D eigenvalue weighted by atomic mass is 10.1. The molecule has 0 atom stereocenters. The highest BCUT2D eigenvalue weighted by atomic mass is 35.5. The van der Waals surface area contributed by atoms with Crippen LogP contribution >= 0.6 is 11.6 Å². The molecule has 0 aliphatic carbocycles. The molecular formula is C14H14ClFN2O. The Morgan fingerprint density at radius 1 is 1.37 bits per heavy atom. The predicted molar refractivity (Wildman–Crippen MR) is 72.0 cm³/mol. The van der Waals surface area contributed by atoms with Crippen LogP contribution in [0.2, 0.25) is 5.02 Å². The van der Waals surface area contributed by atoms with Crippen molar-refractivity contribution in [3.8, 4) is 0 Å². The fourth-order valence-electron chi connectivity index (χ4n) is 1.90. The molecule has 2 aromatic rings. The second-order valence-corrected chi connectivity index (χ2v) is 4.67. The number of hydrogen-bond donors (Lipinski definition) is 0. The van der Waals surface area contributed by atoms with Crippen molar-refractivity contribution in [1.29, 1.82) is 0 Å². The fourth-order valence-corrected chi connectivity index (χ4v) is 2.26. The van der Waals surface area contributed by atoms with E-state index < -0.39 is 0 Å². The molecular weight excluding hydrogens is 267 g/mol. The molecule has 0 aliphatic rings. The summed E-state index contributed by atoms with van der Waals surface area (Å²) in [6.45, 7) is 1.96. The molecule has 0 bridgehead atoms. The molecule has 0 radical (unpaired) electrons. The molecule has 0 aliphatic heterocycles. The number of hydrogen-bond acceptors (Lipinski definition) is 2. The summed E-state index contributed by atoms with van der Waals surface area (Å²) in [6, 6.07) is 5.50. The van der Waals surface area contributed by atoms with Gasteiger partial charge in [-0.1, -0.05) is 18.5 Å². The minimum atomic E-state index is -0.358. The van der Waals surface area contributed by atoms with Crippen LogP contribution in [0.25, 0.3) is 0 Å². The Hall–Kier alpha value is -1.68. The van der Waals surface area contributed by atoms with E-state index in [1.54, 1.807) is 11.7 Å². The number of carbonyl (C=O) groups is 1. The number of Topliss-reactive ketones (excluding diaryl/α,β-unsaturated/α-hetero) is 1. The van der Waals surface area contributed by atoms with Crippen LogP contribution in [0.1, 0.15) is 28.7 Å². The molecule has 0 fully saturated rings. The van der Waals surface area contributed by atoms with Crippen molar-refractivity contribution in [1.82, 2.24) is 9.78 Å². The number of aryl methyl sites for hydroxylation is 2. The molecule has 0 saturated carbocycles. The van der Waals surface area contributed by atoms with Gasteiger partial charge in [0.15, 0.2) is 5.78 Å². The van der Waals surface area contributed by atoms with Gasteiger partial charge >= 0.3 is 0 Å². The smallest absolute Gasteiger partial charge is 0.168 e. The van der Waals surface area contributed by atoms with Gasteiger partial charge in [0.25, 0.3) is 0 Å². The minimum absolute atomic E-state index is 0.104. The van der Waals surface area contributed by atoms with Gasteiger partial charge in [0.2, 0.25) is 0 Å². The zero-order chi connectivity index (χ0) is 14.0. The molecule has 0 saturated heterocycles. The van der Waals surface area contributed by atoms with Crippen molar-refractivity contribution in [2.75, 3.05) is 0 Å². The van der Waals surface area contributed by atoms with E-state index in [4.69, 9.17) is 11.6 Å². The van der Waals surface area contributed by atoms with Crippen LogP contribution in [-0.2, 0) is 19.9 Å². The van der Waals surface area contributed by atoms with Gasteiger partial charge in [-0.25, -0.2) is 4.39 Å². The fraction of sp³-hybridized carbons (Fsp3) is 0.286. The summed E-state index contributed by atoms with van der Waals surface area (Å²) in [6.07, 6.45) is 0.880. The summed E-state index contributed by atoms with van der Waals surface area (Å²) in [5.74, 6) is -0.462. The first-order valence-electron chi connectivity index (χ1n) is 6.02. The third kappa shape index (κ3) is 2.84. The number of aromatic nitrogens is 2. The lowest BCUT2D eigenvalue weighted by Crippen LogP contribution is -2.08. The van der Waals surface area contributed by atoms with E-state index >= 15 is 0 Å². The number of halogens is 2. The van der Waals surface area contributed by atoms with Crippen LogP contribution in [0.4, 0.5) is 4.39 Å². The maximum atomic E-state index is 12.8. The average Bonchev–Trinajstić information content (AvgIpc) is 2.67. The highest BCUT2D eigenvalue weighted by Gasteiger charge is 2.17. The van der Waals surface area contributed by atoms with Crippen LogP contribution < -0.4 is 0 Å². The number of carbonyl (C=O) groups excluding carboxylic acids is 1. The molecule has 0 amide bonds. The highest BCUT2D eigenvalue weighted by Crippen LogP contribution is 2.22. The summed E-state index contributed by atoms with van der Waals surface area (Å²) in [7, 11) is 1.76. The van der Waals surface area contributed by atoms with Gasteiger partial charge in [0.1, 0.15) is 5.82 Å². The molecule has 1 aromatic carbocycles. The SMILES string of the molecule is CCc1nn(C)c(CC(=O)c2ccc(F)cc2)c1Cl. The van der Waals surface area contributed by atoms with Crippen LogP contribution in [0.3, 0.4) is 0 Å². The summed E-state index contributed by atoms with van der Waals surface area (Å²) in [5, 5.41) is 4.80. The Balaban J connectivity index is 2.24. The van der Waals surface area contributed by atoms with Gasteiger partial charge in [-0.15, -0.1) is 0 Å². The lowest BCUT2D eigenvalue weighted by molar-refractivity contribution is 0.0990. The van der Waals surface area contributed by atoms with Crippen molar-refractivity contribution in [2.24, 2.45) is 7.05 Å². The first-order chi connectivity index (χ1) is 9.02. The Morgan fingerprint density at radius 2 is 2.00 bits per heavy atom. The number of ketones is 1. The van der Waals surface area contributed by atoms with E-state index in [9.17, 15) is 9.18 Å². The van der Waals surface area contributed by atoms with Crippen molar-refractivity contribution in [3.05, 3.63) is 52.1 Å². The number of benzene rings is 1. The van der Waals surface area contributed by atoms with E-state index in [2.05, 4.69) is 5.10 Å². The van der Waals surface area contributed by atoms with Gasteiger partial charge in [0, 0.05) is 12.6 Å². The maximum Gasteiger partial charge on any atom is 0.168 e. The molecule has 0 N–H and O–H groups in total. The summed E-state index contributed by atoms with van der Waals surface area (Å²) < 4.78 is 14.4. The zero-order valence-electron chi connectivity index (χ0n) is 10.8. The van der Waals surface area contributed by atoms with Crippen LogP contribution in [-0.4, -0.2) is 15.6 Å². The lowest BCUT2D eigenvalue weighted by Gasteiger charge is -2.03. The standard InChI is InChI=1S/C14H14ClFN2O/c1-3-11-14(15)12(18(2)17-11)8-13(19)9-4-6-10(16)7-5-9/h4-7H,3,8H2,1-2H3. The monoisotopic (exact) mass is 280 g/mol. The molecule has 0 unspecified atom stereocenters. The first kappa shape index (κ1) is 13.7. The second kappa shape index (κ2) is 5.53. The first-order valence-corrected chi connectivity index (χ1v) is 6.39. The molecule has 1 aromatic heterocycles. The molecule has 0 spiro atoms. The summed E-state index contributed by atoms with van der Waals surface area (Å²) in [5.41, 5.74) is 1.94. The third-order valence-corrected chi connectivity index (χ3v) is 3.43. The topological polar surface area (TPSA) is 34.9 Å². The van der Waals surface area contributed by atoms with E-state index in [-0.39, 0.29) is 18.0 Å². The number of rotatable bonds is 4. The van der Waals surface area contributed by atoms with Gasteiger partial charge in [-0.05, 0) is 30.7 Å². The van der Waals surface area contributed by atoms with Gasteiger partial charge in [0.05, 0.1) is 22.8 Å². The number of nitrogens with zero attached hydrogens (tertiary/aromatic N) is 2. The van der Waals surface area contributed by atoms with E-state index in [0.29, 0.717) is 16.3 Å². The molecule has 100 valence electrons. The summed E-state index contributed by atoms with van der Waals surface area (Å²) in [4.78, 5) is 12.1. The van der Waals surface area contributed by atoms with E-state index in [0.717, 1.165) is 12.1 Å². The van der Waals surface area contributed by atoms with Crippen molar-refractivity contribution < 1.29 is 9.18 Å². The Bertz CT molecular complexity index is 605. The Kier molecular flexibility index (Phi) is 4.00. The second-order valence-electron chi connectivity index (χ2n) is 4.29. The predicted octanol–water partition coefficient (Wildman–Crippen LogP) is 3.20. The molecule has 1 heterocycles. The highest BCUT2D eigenvalue weighted by molar-refractivity contribution is 6.32.